The molecule has 0 aliphatic carbocycles. The second-order valence-electron chi connectivity index (χ2n) is 6.15. The molecule has 0 aliphatic heterocycles. The van der Waals surface area contributed by atoms with Gasteiger partial charge < -0.3 is 14.5 Å². The van der Waals surface area contributed by atoms with E-state index in [0.717, 1.165) is 34.5 Å². The van der Waals surface area contributed by atoms with Gasteiger partial charge in [0.05, 0.1) is 7.11 Å². The van der Waals surface area contributed by atoms with E-state index in [1.54, 1.807) is 7.11 Å². The Labute approximate surface area is 152 Å². The Balaban J connectivity index is 1.54. The standard InChI is InChI=1S/C22H20N2O2/c1-25-21-14-17(13-18-9-11-23-22-19(18)10-12-24-22)7-8-20(21)26-15-16-5-3-2-4-6-16/h2-12,14H,13,15H2,1H3,(H,23,24). The van der Waals surface area contributed by atoms with E-state index in [4.69, 9.17) is 9.47 Å². The van der Waals surface area contributed by atoms with Crippen molar-refractivity contribution in [2.45, 2.75) is 13.0 Å². The molecule has 0 atom stereocenters. The molecule has 2 aromatic heterocycles. The average Bonchev–Trinajstić information content (AvgIpc) is 3.17. The van der Waals surface area contributed by atoms with Gasteiger partial charge in [-0.25, -0.2) is 4.98 Å². The zero-order chi connectivity index (χ0) is 17.8. The highest BCUT2D eigenvalue weighted by molar-refractivity contribution is 5.79. The first-order chi connectivity index (χ1) is 12.8. The van der Waals surface area contributed by atoms with Crippen molar-refractivity contribution in [2.75, 3.05) is 7.11 Å². The molecule has 0 spiro atoms. The number of ether oxygens (including phenoxy) is 2. The van der Waals surface area contributed by atoms with Crippen LogP contribution >= 0.6 is 0 Å². The smallest absolute Gasteiger partial charge is 0.161 e. The molecule has 1 N–H and O–H groups in total. The van der Waals surface area contributed by atoms with Crippen LogP contribution in [0, 0.1) is 0 Å². The minimum absolute atomic E-state index is 0.519. The van der Waals surface area contributed by atoms with E-state index in [0.29, 0.717) is 6.61 Å². The predicted molar refractivity (Wildman–Crippen MR) is 103 cm³/mol. The summed E-state index contributed by atoms with van der Waals surface area (Å²) in [4.78, 5) is 7.50. The van der Waals surface area contributed by atoms with Gasteiger partial charge in [-0.1, -0.05) is 36.4 Å². The van der Waals surface area contributed by atoms with Crippen molar-refractivity contribution in [3.05, 3.63) is 89.7 Å². The van der Waals surface area contributed by atoms with E-state index in [1.165, 1.54) is 11.1 Å². The maximum Gasteiger partial charge on any atom is 0.161 e. The van der Waals surface area contributed by atoms with Crippen molar-refractivity contribution in [1.82, 2.24) is 9.97 Å². The molecule has 4 rings (SSSR count). The Hall–Kier alpha value is -3.27. The Morgan fingerprint density at radius 2 is 1.81 bits per heavy atom. The summed E-state index contributed by atoms with van der Waals surface area (Å²) in [5.41, 5.74) is 4.45. The summed E-state index contributed by atoms with van der Waals surface area (Å²) in [5, 5.41) is 1.15. The fourth-order valence-corrected chi connectivity index (χ4v) is 3.07. The number of hydrogen-bond donors (Lipinski definition) is 1. The third kappa shape index (κ3) is 3.40. The summed E-state index contributed by atoms with van der Waals surface area (Å²) < 4.78 is 11.5. The molecule has 0 unspecified atom stereocenters. The maximum absolute atomic E-state index is 5.94. The lowest BCUT2D eigenvalue weighted by atomic mass is 10.0. The second-order valence-corrected chi connectivity index (χ2v) is 6.15. The first kappa shape index (κ1) is 16.2. The predicted octanol–water partition coefficient (Wildman–Crippen LogP) is 4.74. The van der Waals surface area contributed by atoms with E-state index in [9.17, 15) is 0 Å². The lowest BCUT2D eigenvalue weighted by Gasteiger charge is -2.13. The number of rotatable bonds is 6. The van der Waals surface area contributed by atoms with Crippen LogP contribution < -0.4 is 9.47 Å². The highest BCUT2D eigenvalue weighted by atomic mass is 16.5. The highest BCUT2D eigenvalue weighted by Crippen LogP contribution is 2.30. The molecule has 0 amide bonds. The van der Waals surface area contributed by atoms with Gasteiger partial charge in [0.2, 0.25) is 0 Å². The first-order valence-corrected chi connectivity index (χ1v) is 8.58. The summed E-state index contributed by atoms with van der Waals surface area (Å²) in [5.74, 6) is 1.50. The van der Waals surface area contributed by atoms with Crippen LogP contribution in [0.15, 0.2) is 73.1 Å². The van der Waals surface area contributed by atoms with Gasteiger partial charge in [-0.3, -0.25) is 0 Å². The minimum atomic E-state index is 0.519. The van der Waals surface area contributed by atoms with Crippen molar-refractivity contribution < 1.29 is 9.47 Å². The van der Waals surface area contributed by atoms with E-state index in [2.05, 4.69) is 28.2 Å². The van der Waals surface area contributed by atoms with Gasteiger partial charge in [0.1, 0.15) is 12.3 Å². The second kappa shape index (κ2) is 7.31. The van der Waals surface area contributed by atoms with Gasteiger partial charge in [-0.15, -0.1) is 0 Å². The third-order valence-corrected chi connectivity index (χ3v) is 4.41. The molecule has 4 aromatic rings. The largest absolute Gasteiger partial charge is 0.493 e. The zero-order valence-corrected chi connectivity index (χ0v) is 14.6. The minimum Gasteiger partial charge on any atom is -0.493 e. The molecule has 4 nitrogen and oxygen atoms in total. The Morgan fingerprint density at radius 3 is 2.65 bits per heavy atom. The molecule has 4 heteroatoms. The van der Waals surface area contributed by atoms with Crippen LogP contribution in [-0.2, 0) is 13.0 Å². The molecule has 0 saturated heterocycles. The van der Waals surface area contributed by atoms with Crippen molar-refractivity contribution in [2.24, 2.45) is 0 Å². The molecule has 0 fully saturated rings. The van der Waals surface area contributed by atoms with E-state index in [1.807, 2.05) is 54.9 Å². The number of H-pyrrole nitrogens is 1. The van der Waals surface area contributed by atoms with Crippen molar-refractivity contribution >= 4 is 11.0 Å². The molecule has 130 valence electrons. The molecular formula is C22H20N2O2. The van der Waals surface area contributed by atoms with Crippen LogP contribution in [-0.4, -0.2) is 17.1 Å². The van der Waals surface area contributed by atoms with Crippen LogP contribution in [0.5, 0.6) is 11.5 Å². The molecule has 0 bridgehead atoms. The lowest BCUT2D eigenvalue weighted by Crippen LogP contribution is -1.99. The Kier molecular flexibility index (Phi) is 4.56. The number of methoxy groups -OCH3 is 1. The summed E-state index contributed by atoms with van der Waals surface area (Å²) in [7, 11) is 1.67. The number of nitrogens with one attached hydrogen (secondary N) is 1. The van der Waals surface area contributed by atoms with Crippen LogP contribution in [0.4, 0.5) is 0 Å². The summed E-state index contributed by atoms with van der Waals surface area (Å²) in [6.07, 6.45) is 4.57. The van der Waals surface area contributed by atoms with Crippen molar-refractivity contribution in [3.8, 4) is 11.5 Å². The summed E-state index contributed by atoms with van der Waals surface area (Å²) in [6, 6.07) is 20.3. The van der Waals surface area contributed by atoms with E-state index < -0.39 is 0 Å². The van der Waals surface area contributed by atoms with Crippen LogP contribution in [0.25, 0.3) is 11.0 Å². The quantitative estimate of drug-likeness (QED) is 0.549. The molecule has 0 aliphatic rings. The Bertz CT molecular complexity index is 1010. The lowest BCUT2D eigenvalue weighted by molar-refractivity contribution is 0.284. The van der Waals surface area contributed by atoms with Crippen LogP contribution in [0.1, 0.15) is 16.7 Å². The van der Waals surface area contributed by atoms with Gasteiger partial charge in [-0.05, 0) is 47.4 Å². The van der Waals surface area contributed by atoms with Gasteiger partial charge in [0.15, 0.2) is 11.5 Å². The fourth-order valence-electron chi connectivity index (χ4n) is 3.07. The normalized spacial score (nSPS) is 10.8. The van der Waals surface area contributed by atoms with Crippen LogP contribution in [0.3, 0.4) is 0 Å². The Morgan fingerprint density at radius 1 is 0.923 bits per heavy atom. The summed E-state index contributed by atoms with van der Waals surface area (Å²) in [6.45, 7) is 0.519. The van der Waals surface area contributed by atoms with E-state index >= 15 is 0 Å². The molecular weight excluding hydrogens is 324 g/mol. The number of benzene rings is 2. The molecule has 26 heavy (non-hydrogen) atoms. The zero-order valence-electron chi connectivity index (χ0n) is 14.6. The first-order valence-electron chi connectivity index (χ1n) is 8.58. The average molecular weight is 344 g/mol. The molecule has 0 radical (unpaired) electrons. The molecule has 2 heterocycles. The number of aromatic nitrogens is 2. The highest BCUT2D eigenvalue weighted by Gasteiger charge is 2.09. The van der Waals surface area contributed by atoms with Gasteiger partial charge >= 0.3 is 0 Å². The van der Waals surface area contributed by atoms with Gasteiger partial charge in [0.25, 0.3) is 0 Å². The van der Waals surface area contributed by atoms with Crippen molar-refractivity contribution in [1.29, 1.82) is 0 Å². The number of fused-ring (bicyclic) bond motifs is 1. The molecule has 2 aromatic carbocycles. The number of hydrogen-bond acceptors (Lipinski definition) is 3. The van der Waals surface area contributed by atoms with E-state index in [-0.39, 0.29) is 0 Å². The topological polar surface area (TPSA) is 47.1 Å². The van der Waals surface area contributed by atoms with Crippen LogP contribution in [0.2, 0.25) is 0 Å². The van der Waals surface area contributed by atoms with Gasteiger partial charge in [-0.2, -0.15) is 0 Å². The van der Waals surface area contributed by atoms with Crippen molar-refractivity contribution in [3.63, 3.8) is 0 Å². The maximum atomic E-state index is 5.94. The molecule has 0 saturated carbocycles. The number of pyridine rings is 1. The fraction of sp³-hybridized carbons (Fsp3) is 0.136. The number of nitrogens with zero attached hydrogens (tertiary/aromatic N) is 1. The number of aromatic amines is 1. The third-order valence-electron chi connectivity index (χ3n) is 4.41. The van der Waals surface area contributed by atoms with Gasteiger partial charge in [0, 0.05) is 17.8 Å². The SMILES string of the molecule is COc1cc(Cc2ccnc3[nH]ccc23)ccc1OCc1ccccc1. The monoisotopic (exact) mass is 344 g/mol. The summed E-state index contributed by atoms with van der Waals surface area (Å²) >= 11 is 0.